The Morgan fingerprint density at radius 1 is 0.308 bits per heavy atom. The van der Waals surface area contributed by atoms with Gasteiger partial charge in [-0.05, 0) is 83.5 Å². The lowest BCUT2D eigenvalue weighted by Crippen LogP contribution is -1.92. The highest BCUT2D eigenvalue weighted by molar-refractivity contribution is 6.28. The summed E-state index contributed by atoms with van der Waals surface area (Å²) < 4.78 is 0. The normalized spacial score (nSPS) is 11.8. The summed E-state index contributed by atoms with van der Waals surface area (Å²) >= 11 is 0. The van der Waals surface area contributed by atoms with Crippen molar-refractivity contribution >= 4 is 64.9 Å². The largest absolute Gasteiger partial charge is 0.254 e. The quantitative estimate of drug-likeness (QED) is 0.176. The summed E-state index contributed by atoms with van der Waals surface area (Å²) in [4.78, 5) is 18.8. The van der Waals surface area contributed by atoms with Crippen LogP contribution in [0.3, 0.4) is 0 Å². The average Bonchev–Trinajstić information content (AvgIpc) is 3.22. The predicted molar refractivity (Wildman–Crippen MR) is 216 cm³/mol. The molecular weight excluding hydrogens is 633 g/mol. The van der Waals surface area contributed by atoms with Gasteiger partial charge in [0.15, 0.2) is 5.82 Å². The van der Waals surface area contributed by atoms with Crippen LogP contribution in [0.2, 0.25) is 0 Å². The number of benzene rings is 8. The van der Waals surface area contributed by atoms with Crippen LogP contribution in [0.25, 0.3) is 110 Å². The van der Waals surface area contributed by atoms with Crippen molar-refractivity contribution in [3.05, 3.63) is 170 Å². The Labute approximate surface area is 299 Å². The minimum atomic E-state index is 0.733. The standard InChI is InChI=1S/C48H28N4/c1-2-7-37-36(6-1)38(23-24-40(37)43-25-18-33-11-10-32-5-3-26-49-46(32)47(33)52-43)39-20-15-31-16-21-41-35(19-14-30-17-22-42(39)45(31)44(30)41)29-8-12-34(13-9-29)48-50-27-4-28-51-48/h1-28H. The molecule has 0 aliphatic heterocycles. The van der Waals surface area contributed by atoms with Crippen LogP contribution in [0.1, 0.15) is 0 Å². The first-order chi connectivity index (χ1) is 25.8. The highest BCUT2D eigenvalue weighted by Crippen LogP contribution is 2.44. The SMILES string of the molecule is c1cnc(-c2ccc(-c3ccc4ccc5c(-c6ccc(-c7ccc8ccc9cccnc9c8n7)c7ccccc67)ccc6ccc3c4c65)cc2)nc1. The molecular formula is C48H28N4. The summed E-state index contributed by atoms with van der Waals surface area (Å²) in [5.74, 6) is 0.733. The van der Waals surface area contributed by atoms with Crippen molar-refractivity contribution in [1.29, 1.82) is 0 Å². The van der Waals surface area contributed by atoms with Gasteiger partial charge in [0.25, 0.3) is 0 Å². The minimum Gasteiger partial charge on any atom is -0.254 e. The first-order valence-electron chi connectivity index (χ1n) is 17.5. The molecule has 0 saturated heterocycles. The van der Waals surface area contributed by atoms with Crippen LogP contribution in [-0.2, 0) is 0 Å². The minimum absolute atomic E-state index is 0.733. The van der Waals surface area contributed by atoms with Crippen molar-refractivity contribution in [2.75, 3.05) is 0 Å². The van der Waals surface area contributed by atoms with Crippen LogP contribution in [0.4, 0.5) is 0 Å². The van der Waals surface area contributed by atoms with Gasteiger partial charge in [0.2, 0.25) is 0 Å². The van der Waals surface area contributed by atoms with Crippen molar-refractivity contribution in [3.8, 4) is 44.9 Å². The lowest BCUT2D eigenvalue weighted by Gasteiger charge is -2.18. The molecule has 0 spiro atoms. The molecule has 52 heavy (non-hydrogen) atoms. The molecule has 3 aromatic heterocycles. The summed E-state index contributed by atoms with van der Waals surface area (Å²) in [5.41, 5.74) is 9.75. The average molecular weight is 661 g/mol. The second kappa shape index (κ2) is 11.2. The highest BCUT2D eigenvalue weighted by Gasteiger charge is 2.18. The third-order valence-corrected chi connectivity index (χ3v) is 10.6. The van der Waals surface area contributed by atoms with E-state index < -0.39 is 0 Å². The summed E-state index contributed by atoms with van der Waals surface area (Å²) in [7, 11) is 0. The number of nitrogens with zero attached hydrogens (tertiary/aromatic N) is 4. The Morgan fingerprint density at radius 3 is 1.62 bits per heavy atom. The molecule has 0 amide bonds. The number of pyridine rings is 2. The molecule has 11 aromatic rings. The van der Waals surface area contributed by atoms with E-state index in [1.807, 2.05) is 18.3 Å². The van der Waals surface area contributed by atoms with E-state index in [-0.39, 0.29) is 0 Å². The van der Waals surface area contributed by atoms with Crippen molar-refractivity contribution < 1.29 is 0 Å². The molecule has 240 valence electrons. The third-order valence-electron chi connectivity index (χ3n) is 10.6. The number of aromatic nitrogens is 4. The molecule has 11 rings (SSSR count). The molecule has 0 aliphatic rings. The fourth-order valence-electron chi connectivity index (χ4n) is 8.17. The summed E-state index contributed by atoms with van der Waals surface area (Å²) in [6.07, 6.45) is 5.41. The zero-order valence-electron chi connectivity index (χ0n) is 28.0. The third kappa shape index (κ3) is 4.34. The fourth-order valence-corrected chi connectivity index (χ4v) is 8.17. The van der Waals surface area contributed by atoms with Gasteiger partial charge in [0.1, 0.15) is 0 Å². The van der Waals surface area contributed by atoms with Crippen molar-refractivity contribution in [2.45, 2.75) is 0 Å². The smallest absolute Gasteiger partial charge is 0.159 e. The number of hydrogen-bond donors (Lipinski definition) is 0. The molecule has 0 atom stereocenters. The van der Waals surface area contributed by atoms with E-state index in [0.717, 1.165) is 44.5 Å². The Bertz CT molecular complexity index is 3170. The lowest BCUT2D eigenvalue weighted by atomic mass is 9.86. The van der Waals surface area contributed by atoms with Gasteiger partial charge in [-0.25, -0.2) is 15.0 Å². The summed E-state index contributed by atoms with van der Waals surface area (Å²) in [5, 5.41) is 12.2. The van der Waals surface area contributed by atoms with E-state index in [1.54, 1.807) is 12.4 Å². The maximum Gasteiger partial charge on any atom is 0.159 e. The topological polar surface area (TPSA) is 51.6 Å². The van der Waals surface area contributed by atoms with Crippen LogP contribution in [0, 0.1) is 0 Å². The highest BCUT2D eigenvalue weighted by atomic mass is 14.8. The Balaban J connectivity index is 1.08. The number of hydrogen-bond acceptors (Lipinski definition) is 4. The van der Waals surface area contributed by atoms with Crippen molar-refractivity contribution in [3.63, 3.8) is 0 Å². The first-order valence-corrected chi connectivity index (χ1v) is 17.5. The molecule has 4 nitrogen and oxygen atoms in total. The monoisotopic (exact) mass is 660 g/mol. The molecule has 0 bridgehead atoms. The Kier molecular flexibility index (Phi) is 6.22. The predicted octanol–water partition coefficient (Wildman–Crippen LogP) is 12.3. The zero-order chi connectivity index (χ0) is 34.2. The van der Waals surface area contributed by atoms with Crippen molar-refractivity contribution in [2.24, 2.45) is 0 Å². The molecule has 0 radical (unpaired) electrons. The molecule has 0 fully saturated rings. The van der Waals surface area contributed by atoms with E-state index in [9.17, 15) is 0 Å². The van der Waals surface area contributed by atoms with Gasteiger partial charge in [-0.3, -0.25) is 4.98 Å². The van der Waals surface area contributed by atoms with Gasteiger partial charge in [0, 0.05) is 40.5 Å². The summed E-state index contributed by atoms with van der Waals surface area (Å²) in [6.45, 7) is 0. The van der Waals surface area contributed by atoms with E-state index >= 15 is 0 Å². The molecule has 3 heterocycles. The first kappa shape index (κ1) is 28.8. The molecule has 0 N–H and O–H groups in total. The van der Waals surface area contributed by atoms with Crippen LogP contribution in [0.5, 0.6) is 0 Å². The summed E-state index contributed by atoms with van der Waals surface area (Å²) in [6, 6.07) is 54.5. The van der Waals surface area contributed by atoms with Crippen LogP contribution in [0.15, 0.2) is 170 Å². The maximum atomic E-state index is 5.22. The molecule has 8 aromatic carbocycles. The van der Waals surface area contributed by atoms with Crippen LogP contribution >= 0.6 is 0 Å². The number of rotatable bonds is 4. The Hall–Kier alpha value is -7.04. The van der Waals surface area contributed by atoms with Gasteiger partial charge in [-0.15, -0.1) is 0 Å². The van der Waals surface area contributed by atoms with E-state index in [1.165, 1.54) is 65.3 Å². The van der Waals surface area contributed by atoms with Crippen LogP contribution in [-0.4, -0.2) is 19.9 Å². The zero-order valence-corrected chi connectivity index (χ0v) is 28.0. The van der Waals surface area contributed by atoms with Gasteiger partial charge in [-0.2, -0.15) is 0 Å². The second-order valence-corrected chi connectivity index (χ2v) is 13.4. The van der Waals surface area contributed by atoms with Gasteiger partial charge in [0.05, 0.1) is 16.7 Å². The van der Waals surface area contributed by atoms with Gasteiger partial charge < -0.3 is 0 Å². The maximum absolute atomic E-state index is 5.22. The van der Waals surface area contributed by atoms with E-state index in [2.05, 4.69) is 149 Å². The van der Waals surface area contributed by atoms with Gasteiger partial charge in [-0.1, -0.05) is 133 Å². The van der Waals surface area contributed by atoms with Gasteiger partial charge >= 0.3 is 0 Å². The van der Waals surface area contributed by atoms with E-state index in [4.69, 9.17) is 9.97 Å². The van der Waals surface area contributed by atoms with Crippen molar-refractivity contribution in [1.82, 2.24) is 19.9 Å². The molecule has 0 saturated carbocycles. The molecule has 4 heteroatoms. The van der Waals surface area contributed by atoms with Crippen LogP contribution < -0.4 is 0 Å². The second-order valence-electron chi connectivity index (χ2n) is 13.4. The fraction of sp³-hybridized carbons (Fsp3) is 0. The number of fused-ring (bicyclic) bond motifs is 4. The molecule has 0 aliphatic carbocycles. The lowest BCUT2D eigenvalue weighted by molar-refractivity contribution is 1.18. The Morgan fingerprint density at radius 2 is 0.846 bits per heavy atom. The van der Waals surface area contributed by atoms with E-state index in [0.29, 0.717) is 0 Å². The molecule has 0 unspecified atom stereocenters.